The maximum Gasteiger partial charge on any atom is 0.341 e. The van der Waals surface area contributed by atoms with Crippen molar-refractivity contribution >= 4 is 17.9 Å². The van der Waals surface area contributed by atoms with Crippen LogP contribution < -0.4 is 4.74 Å². The minimum Gasteiger partial charge on any atom is -0.482 e. The van der Waals surface area contributed by atoms with E-state index in [0.29, 0.717) is 0 Å². The van der Waals surface area contributed by atoms with Crippen LogP contribution in [0.1, 0.15) is 20.7 Å². The van der Waals surface area contributed by atoms with E-state index in [1.165, 1.54) is 25.3 Å². The van der Waals surface area contributed by atoms with E-state index in [1.807, 2.05) is 0 Å². The highest BCUT2D eigenvalue weighted by molar-refractivity contribution is 6.03. The summed E-state index contributed by atoms with van der Waals surface area (Å²) in [7, 11) is 2.34. The Kier molecular flexibility index (Phi) is 4.87. The van der Waals surface area contributed by atoms with Crippen LogP contribution in [0, 0.1) is 0 Å². The largest absolute Gasteiger partial charge is 0.482 e. The second kappa shape index (κ2) is 6.39. The lowest BCUT2D eigenvalue weighted by Gasteiger charge is -2.09. The Bertz CT molecular complexity index is 507. The highest BCUT2D eigenvalue weighted by Gasteiger charge is 2.19. The van der Waals surface area contributed by atoms with Crippen molar-refractivity contribution < 1.29 is 33.7 Å². The number of hydrogen-bond donors (Lipinski definition) is 1. The van der Waals surface area contributed by atoms with Gasteiger partial charge in [0.1, 0.15) is 5.75 Å². The van der Waals surface area contributed by atoms with E-state index in [9.17, 15) is 14.4 Å². The van der Waals surface area contributed by atoms with Crippen molar-refractivity contribution in [1.29, 1.82) is 0 Å². The van der Waals surface area contributed by atoms with Gasteiger partial charge in [-0.1, -0.05) is 0 Å². The predicted molar refractivity (Wildman–Crippen MR) is 62.3 cm³/mol. The Morgan fingerprint density at radius 3 is 2.16 bits per heavy atom. The lowest BCUT2D eigenvalue weighted by atomic mass is 10.1. The second-order valence-corrected chi connectivity index (χ2v) is 3.37. The number of methoxy groups -OCH3 is 2. The maximum atomic E-state index is 11.5. The van der Waals surface area contributed by atoms with Crippen LogP contribution in [0.4, 0.5) is 0 Å². The molecule has 0 aliphatic carbocycles. The van der Waals surface area contributed by atoms with Gasteiger partial charge in [-0.25, -0.2) is 14.4 Å². The molecular weight excluding hydrogens is 256 g/mol. The standard InChI is InChI=1S/C12H12O7/c1-17-11(15)8-4-3-7(19-6-10(13)14)5-9(8)12(16)18-2/h3-5H,6H2,1-2H3,(H,13,14). The van der Waals surface area contributed by atoms with E-state index in [1.54, 1.807) is 0 Å². The molecule has 1 aromatic rings. The van der Waals surface area contributed by atoms with Crippen molar-refractivity contribution in [3.8, 4) is 5.75 Å². The van der Waals surface area contributed by atoms with Crippen molar-refractivity contribution in [3.05, 3.63) is 29.3 Å². The van der Waals surface area contributed by atoms with Crippen molar-refractivity contribution in [3.63, 3.8) is 0 Å². The quantitative estimate of drug-likeness (QED) is 0.785. The van der Waals surface area contributed by atoms with Crippen LogP contribution in [0.5, 0.6) is 5.75 Å². The molecule has 0 saturated carbocycles. The third-order valence-electron chi connectivity index (χ3n) is 2.16. The smallest absolute Gasteiger partial charge is 0.341 e. The summed E-state index contributed by atoms with van der Waals surface area (Å²) in [4.78, 5) is 33.4. The number of hydrogen-bond acceptors (Lipinski definition) is 6. The summed E-state index contributed by atoms with van der Waals surface area (Å²) in [5.74, 6) is -2.47. The molecule has 0 unspecified atom stereocenters. The van der Waals surface area contributed by atoms with Gasteiger partial charge in [0, 0.05) is 0 Å². The van der Waals surface area contributed by atoms with Gasteiger partial charge >= 0.3 is 17.9 Å². The molecule has 0 spiro atoms. The van der Waals surface area contributed by atoms with Gasteiger partial charge in [-0.3, -0.25) is 0 Å². The molecule has 0 amide bonds. The van der Waals surface area contributed by atoms with E-state index in [0.717, 1.165) is 7.11 Å². The molecule has 0 saturated heterocycles. The van der Waals surface area contributed by atoms with Gasteiger partial charge in [-0.05, 0) is 18.2 Å². The molecule has 1 aromatic carbocycles. The van der Waals surface area contributed by atoms with Gasteiger partial charge in [-0.15, -0.1) is 0 Å². The van der Waals surface area contributed by atoms with E-state index in [4.69, 9.17) is 9.84 Å². The summed E-state index contributed by atoms with van der Waals surface area (Å²) < 4.78 is 14.0. The number of carbonyl (C=O) groups excluding carboxylic acids is 2. The van der Waals surface area contributed by atoms with E-state index < -0.39 is 24.5 Å². The molecule has 1 rings (SSSR count). The molecule has 0 radical (unpaired) electrons. The van der Waals surface area contributed by atoms with E-state index >= 15 is 0 Å². The molecule has 0 atom stereocenters. The average molecular weight is 268 g/mol. The highest BCUT2D eigenvalue weighted by atomic mass is 16.5. The van der Waals surface area contributed by atoms with Crippen LogP contribution in [-0.2, 0) is 14.3 Å². The third-order valence-corrected chi connectivity index (χ3v) is 2.16. The number of ether oxygens (including phenoxy) is 3. The van der Waals surface area contributed by atoms with Crippen molar-refractivity contribution in [1.82, 2.24) is 0 Å². The van der Waals surface area contributed by atoms with Crippen molar-refractivity contribution in [2.75, 3.05) is 20.8 Å². The minimum absolute atomic E-state index is 0.0111. The summed E-state index contributed by atoms with van der Waals surface area (Å²) in [6.45, 7) is -0.557. The number of aliphatic carboxylic acids is 1. The Morgan fingerprint density at radius 2 is 1.63 bits per heavy atom. The van der Waals surface area contributed by atoms with Crippen molar-refractivity contribution in [2.24, 2.45) is 0 Å². The molecule has 0 heterocycles. The molecule has 7 nitrogen and oxygen atoms in total. The Morgan fingerprint density at radius 1 is 1.05 bits per heavy atom. The van der Waals surface area contributed by atoms with Gasteiger partial charge in [0.2, 0.25) is 0 Å². The fourth-order valence-corrected chi connectivity index (χ4v) is 1.33. The van der Waals surface area contributed by atoms with E-state index in [-0.39, 0.29) is 16.9 Å². The molecule has 0 aliphatic rings. The van der Waals surface area contributed by atoms with Gasteiger partial charge in [0.25, 0.3) is 0 Å². The first-order chi connectivity index (χ1) is 8.99. The molecule has 0 bridgehead atoms. The van der Waals surface area contributed by atoms with Crippen LogP contribution in [0.2, 0.25) is 0 Å². The number of benzene rings is 1. The van der Waals surface area contributed by atoms with Gasteiger partial charge in [-0.2, -0.15) is 0 Å². The summed E-state index contributed by atoms with van der Waals surface area (Å²) in [6.07, 6.45) is 0. The first-order valence-corrected chi connectivity index (χ1v) is 5.15. The summed E-state index contributed by atoms with van der Waals surface area (Å²) in [5.41, 5.74) is -0.0470. The molecule has 102 valence electrons. The Balaban J connectivity index is 3.11. The number of rotatable bonds is 5. The minimum atomic E-state index is -1.16. The molecule has 0 fully saturated rings. The third kappa shape index (κ3) is 3.70. The summed E-state index contributed by atoms with van der Waals surface area (Å²) >= 11 is 0. The maximum absolute atomic E-state index is 11.5. The Labute approximate surface area is 108 Å². The molecule has 0 aliphatic heterocycles. The average Bonchev–Trinajstić information content (AvgIpc) is 2.43. The Hall–Kier alpha value is -2.57. The number of carboxylic acids is 1. The molecular formula is C12H12O7. The van der Waals surface area contributed by atoms with Gasteiger partial charge in [0.15, 0.2) is 6.61 Å². The number of esters is 2. The highest BCUT2D eigenvalue weighted by Crippen LogP contribution is 2.19. The number of carboxylic acid groups (broad SMARTS) is 1. The number of carbonyl (C=O) groups is 3. The second-order valence-electron chi connectivity index (χ2n) is 3.37. The van der Waals surface area contributed by atoms with Crippen LogP contribution in [0.3, 0.4) is 0 Å². The topological polar surface area (TPSA) is 99.1 Å². The lowest BCUT2D eigenvalue weighted by molar-refractivity contribution is -0.139. The van der Waals surface area contributed by atoms with Crippen LogP contribution >= 0.6 is 0 Å². The zero-order valence-electron chi connectivity index (χ0n) is 10.3. The fourth-order valence-electron chi connectivity index (χ4n) is 1.33. The summed E-state index contributed by atoms with van der Waals surface area (Å²) in [5, 5.41) is 8.49. The molecule has 19 heavy (non-hydrogen) atoms. The van der Waals surface area contributed by atoms with Crippen LogP contribution in [0.25, 0.3) is 0 Å². The first kappa shape index (κ1) is 14.5. The summed E-state index contributed by atoms with van der Waals surface area (Å²) in [6, 6.07) is 3.89. The monoisotopic (exact) mass is 268 g/mol. The van der Waals surface area contributed by atoms with Crippen LogP contribution in [0.15, 0.2) is 18.2 Å². The zero-order chi connectivity index (χ0) is 14.4. The normalized spacial score (nSPS) is 9.58. The van der Waals surface area contributed by atoms with E-state index in [2.05, 4.69) is 9.47 Å². The lowest BCUT2D eigenvalue weighted by Crippen LogP contribution is -2.13. The van der Waals surface area contributed by atoms with Gasteiger partial charge < -0.3 is 19.3 Å². The SMILES string of the molecule is COC(=O)c1ccc(OCC(=O)O)cc1C(=O)OC. The zero-order valence-corrected chi connectivity index (χ0v) is 10.3. The molecule has 7 heteroatoms. The molecule has 1 N–H and O–H groups in total. The predicted octanol–water partition coefficient (Wildman–Crippen LogP) is 0.723. The first-order valence-electron chi connectivity index (χ1n) is 5.15. The van der Waals surface area contributed by atoms with Gasteiger partial charge in [0.05, 0.1) is 25.3 Å². The fraction of sp³-hybridized carbons (Fsp3) is 0.250. The molecule has 0 aromatic heterocycles. The van der Waals surface area contributed by atoms with Crippen molar-refractivity contribution in [2.45, 2.75) is 0 Å². The van der Waals surface area contributed by atoms with Crippen LogP contribution in [-0.4, -0.2) is 43.8 Å².